The standard InChI is InChI=1S/C9H16F2.C9H18/c1-7(2)8-5-3-4-6-9(8,10)11;1-8(2)9-6-4-3-5-7-9/h7-8H,3-6H2,1-2H3;8-9H,3-7H2,1-2H3. The highest BCUT2D eigenvalue weighted by atomic mass is 19.3. The second-order valence-corrected chi connectivity index (χ2v) is 7.50. The highest BCUT2D eigenvalue weighted by Gasteiger charge is 2.42. The summed E-state index contributed by atoms with van der Waals surface area (Å²) in [7, 11) is 0. The van der Waals surface area contributed by atoms with Crippen molar-refractivity contribution in [2.24, 2.45) is 23.7 Å². The number of hydrogen-bond donors (Lipinski definition) is 0. The van der Waals surface area contributed by atoms with Crippen molar-refractivity contribution >= 4 is 0 Å². The van der Waals surface area contributed by atoms with Gasteiger partial charge in [0.1, 0.15) is 0 Å². The number of alkyl halides is 2. The lowest BCUT2D eigenvalue weighted by Gasteiger charge is -2.33. The van der Waals surface area contributed by atoms with E-state index in [1.54, 1.807) is 0 Å². The van der Waals surface area contributed by atoms with Crippen molar-refractivity contribution in [2.75, 3.05) is 0 Å². The first-order chi connectivity index (χ1) is 9.34. The SMILES string of the molecule is CC(C)C1CCCCC1.CC(C)C1CCCCC1(F)F. The lowest BCUT2D eigenvalue weighted by atomic mass is 9.79. The molecule has 0 radical (unpaired) electrons. The molecule has 120 valence electrons. The van der Waals surface area contributed by atoms with Crippen LogP contribution in [0.25, 0.3) is 0 Å². The van der Waals surface area contributed by atoms with E-state index in [4.69, 9.17) is 0 Å². The summed E-state index contributed by atoms with van der Waals surface area (Å²) in [6.07, 6.45) is 9.97. The van der Waals surface area contributed by atoms with Crippen molar-refractivity contribution in [3.05, 3.63) is 0 Å². The monoisotopic (exact) mass is 288 g/mol. The summed E-state index contributed by atoms with van der Waals surface area (Å²) in [6, 6.07) is 0. The van der Waals surface area contributed by atoms with Gasteiger partial charge in [-0.2, -0.15) is 0 Å². The number of hydrogen-bond acceptors (Lipinski definition) is 0. The lowest BCUT2D eigenvalue weighted by Crippen LogP contribution is -2.35. The summed E-state index contributed by atoms with van der Waals surface area (Å²) in [6.45, 7) is 8.50. The highest BCUT2D eigenvalue weighted by Crippen LogP contribution is 2.42. The molecule has 0 spiro atoms. The van der Waals surface area contributed by atoms with Gasteiger partial charge < -0.3 is 0 Å². The summed E-state index contributed by atoms with van der Waals surface area (Å²) in [4.78, 5) is 0. The minimum absolute atomic E-state index is 0.107. The van der Waals surface area contributed by atoms with Gasteiger partial charge in [-0.25, -0.2) is 8.78 Å². The first-order valence-electron chi connectivity index (χ1n) is 8.72. The van der Waals surface area contributed by atoms with Crippen molar-refractivity contribution < 1.29 is 8.78 Å². The Balaban J connectivity index is 0.000000204. The van der Waals surface area contributed by atoms with Gasteiger partial charge in [0.2, 0.25) is 0 Å². The molecule has 0 heterocycles. The van der Waals surface area contributed by atoms with E-state index in [-0.39, 0.29) is 18.3 Å². The summed E-state index contributed by atoms with van der Waals surface area (Å²) >= 11 is 0. The summed E-state index contributed by atoms with van der Waals surface area (Å²) in [5, 5.41) is 0. The van der Waals surface area contributed by atoms with Gasteiger partial charge in [-0.15, -0.1) is 0 Å². The maximum Gasteiger partial charge on any atom is 0.251 e. The Morgan fingerprint density at radius 1 is 0.750 bits per heavy atom. The number of rotatable bonds is 2. The molecular formula is C18H34F2. The Morgan fingerprint density at radius 2 is 1.30 bits per heavy atom. The molecule has 2 aliphatic rings. The second kappa shape index (κ2) is 8.34. The van der Waals surface area contributed by atoms with Crippen LogP contribution in [0.4, 0.5) is 8.78 Å². The van der Waals surface area contributed by atoms with Crippen molar-refractivity contribution in [3.63, 3.8) is 0 Å². The molecule has 2 aliphatic carbocycles. The van der Waals surface area contributed by atoms with Crippen molar-refractivity contribution in [2.45, 2.75) is 91.4 Å². The van der Waals surface area contributed by atoms with Crippen LogP contribution in [0.3, 0.4) is 0 Å². The minimum atomic E-state index is -2.38. The number of halogens is 2. The van der Waals surface area contributed by atoms with Crippen molar-refractivity contribution in [3.8, 4) is 0 Å². The molecule has 2 heteroatoms. The van der Waals surface area contributed by atoms with Gasteiger partial charge in [0.25, 0.3) is 5.92 Å². The van der Waals surface area contributed by atoms with Crippen LogP contribution >= 0.6 is 0 Å². The van der Waals surface area contributed by atoms with Crippen LogP contribution in [-0.2, 0) is 0 Å². The Kier molecular flexibility index (Phi) is 7.47. The van der Waals surface area contributed by atoms with E-state index >= 15 is 0 Å². The van der Waals surface area contributed by atoms with E-state index in [0.717, 1.165) is 18.3 Å². The van der Waals surface area contributed by atoms with Crippen LogP contribution in [0.15, 0.2) is 0 Å². The summed E-state index contributed by atoms with van der Waals surface area (Å²) in [5.41, 5.74) is 0. The normalized spacial score (nSPS) is 27.3. The Bertz CT molecular complexity index is 252. The van der Waals surface area contributed by atoms with Crippen LogP contribution in [0.2, 0.25) is 0 Å². The van der Waals surface area contributed by atoms with E-state index in [0.29, 0.717) is 12.8 Å². The molecule has 0 aromatic heterocycles. The Labute approximate surface area is 124 Å². The maximum absolute atomic E-state index is 13.1. The van der Waals surface area contributed by atoms with Crippen molar-refractivity contribution in [1.82, 2.24) is 0 Å². The zero-order valence-corrected chi connectivity index (χ0v) is 13.9. The third kappa shape index (κ3) is 5.69. The Morgan fingerprint density at radius 3 is 1.65 bits per heavy atom. The Hall–Kier alpha value is -0.140. The largest absolute Gasteiger partial charge is 0.251 e. The van der Waals surface area contributed by atoms with Crippen LogP contribution in [-0.4, -0.2) is 5.92 Å². The fourth-order valence-electron chi connectivity index (χ4n) is 3.74. The molecule has 0 aromatic carbocycles. The third-order valence-electron chi connectivity index (χ3n) is 5.22. The van der Waals surface area contributed by atoms with Gasteiger partial charge in [-0.3, -0.25) is 0 Å². The highest BCUT2D eigenvalue weighted by molar-refractivity contribution is 4.83. The van der Waals surface area contributed by atoms with Crippen LogP contribution in [0.5, 0.6) is 0 Å². The lowest BCUT2D eigenvalue weighted by molar-refractivity contribution is -0.101. The van der Waals surface area contributed by atoms with E-state index in [1.165, 1.54) is 32.1 Å². The second-order valence-electron chi connectivity index (χ2n) is 7.50. The molecule has 20 heavy (non-hydrogen) atoms. The topological polar surface area (TPSA) is 0 Å². The summed E-state index contributed by atoms with van der Waals surface area (Å²) < 4.78 is 26.2. The van der Waals surface area contributed by atoms with E-state index in [9.17, 15) is 8.78 Å². The minimum Gasteiger partial charge on any atom is -0.207 e. The fraction of sp³-hybridized carbons (Fsp3) is 1.00. The van der Waals surface area contributed by atoms with Gasteiger partial charge in [0.05, 0.1) is 0 Å². The van der Waals surface area contributed by atoms with E-state index < -0.39 is 5.92 Å². The molecule has 0 aliphatic heterocycles. The van der Waals surface area contributed by atoms with Gasteiger partial charge in [0.15, 0.2) is 0 Å². The fourth-order valence-corrected chi connectivity index (χ4v) is 3.74. The smallest absolute Gasteiger partial charge is 0.207 e. The van der Waals surface area contributed by atoms with E-state index in [1.807, 2.05) is 13.8 Å². The molecule has 1 atom stereocenters. The zero-order chi connectivity index (χ0) is 15.2. The molecular weight excluding hydrogens is 254 g/mol. The molecule has 0 aromatic rings. The molecule has 0 bridgehead atoms. The molecule has 1 unspecified atom stereocenters. The van der Waals surface area contributed by atoms with Crippen LogP contribution in [0, 0.1) is 23.7 Å². The predicted molar refractivity (Wildman–Crippen MR) is 83.2 cm³/mol. The van der Waals surface area contributed by atoms with Crippen molar-refractivity contribution in [1.29, 1.82) is 0 Å². The van der Waals surface area contributed by atoms with E-state index in [2.05, 4.69) is 13.8 Å². The molecule has 0 saturated heterocycles. The molecule has 2 saturated carbocycles. The molecule has 0 N–H and O–H groups in total. The van der Waals surface area contributed by atoms with Gasteiger partial charge >= 0.3 is 0 Å². The zero-order valence-electron chi connectivity index (χ0n) is 13.9. The maximum atomic E-state index is 13.1. The third-order valence-corrected chi connectivity index (χ3v) is 5.22. The van der Waals surface area contributed by atoms with Gasteiger partial charge in [-0.1, -0.05) is 66.2 Å². The van der Waals surface area contributed by atoms with Gasteiger partial charge in [-0.05, 0) is 30.6 Å². The van der Waals surface area contributed by atoms with Gasteiger partial charge in [0, 0.05) is 12.3 Å². The molecule has 0 amide bonds. The average Bonchev–Trinajstić information content (AvgIpc) is 2.39. The predicted octanol–water partition coefficient (Wildman–Crippen LogP) is 6.69. The first-order valence-corrected chi connectivity index (χ1v) is 8.72. The first kappa shape index (κ1) is 17.9. The van der Waals surface area contributed by atoms with Crippen LogP contribution < -0.4 is 0 Å². The quantitative estimate of drug-likeness (QED) is 0.531. The molecule has 0 nitrogen and oxygen atoms in total. The molecule has 2 fully saturated rings. The summed E-state index contributed by atoms with van der Waals surface area (Å²) in [5.74, 6) is -0.627. The molecule has 2 rings (SSSR count). The van der Waals surface area contributed by atoms with Crippen LogP contribution in [0.1, 0.15) is 85.5 Å². The average molecular weight is 288 g/mol.